The number of amidine groups is 1. The Labute approximate surface area is 76.5 Å². The van der Waals surface area contributed by atoms with Gasteiger partial charge in [-0.25, -0.2) is 0 Å². The number of nitrogens with zero attached hydrogens (tertiary/aromatic N) is 1. The van der Waals surface area contributed by atoms with Crippen molar-refractivity contribution < 1.29 is 0 Å². The lowest BCUT2D eigenvalue weighted by molar-refractivity contribution is 1.02. The summed E-state index contributed by atoms with van der Waals surface area (Å²) >= 11 is 0. The average Bonchev–Trinajstić information content (AvgIpc) is 2.14. The highest BCUT2D eigenvalue weighted by atomic mass is 16.1. The zero-order valence-corrected chi connectivity index (χ0v) is 7.58. The van der Waals surface area contributed by atoms with Gasteiger partial charge in [0.1, 0.15) is 0 Å². The predicted molar refractivity (Wildman–Crippen MR) is 52.7 cm³/mol. The summed E-state index contributed by atoms with van der Waals surface area (Å²) in [6.07, 6.45) is 2.35. The standard InChI is InChI=1S/C9H13N3O/c1-2-8(10)12-6-7-3-4-11-9(13)5-7/h3-5H,2,6H2,1H3,(H2,10,12)(H,11,13). The molecule has 3 N–H and O–H groups in total. The summed E-state index contributed by atoms with van der Waals surface area (Å²) < 4.78 is 0. The van der Waals surface area contributed by atoms with Gasteiger partial charge in [-0.1, -0.05) is 6.92 Å². The number of hydrogen-bond acceptors (Lipinski definition) is 2. The first-order chi connectivity index (χ1) is 6.22. The summed E-state index contributed by atoms with van der Waals surface area (Å²) in [6, 6.07) is 3.33. The van der Waals surface area contributed by atoms with Crippen LogP contribution in [0.4, 0.5) is 0 Å². The van der Waals surface area contributed by atoms with E-state index in [1.54, 1.807) is 6.20 Å². The van der Waals surface area contributed by atoms with Crippen LogP contribution in [0.5, 0.6) is 0 Å². The molecule has 0 aliphatic rings. The second-order valence-corrected chi connectivity index (χ2v) is 2.72. The van der Waals surface area contributed by atoms with E-state index in [9.17, 15) is 4.79 Å². The van der Waals surface area contributed by atoms with E-state index in [-0.39, 0.29) is 5.56 Å². The molecule has 0 unspecified atom stereocenters. The number of nitrogens with one attached hydrogen (secondary N) is 1. The predicted octanol–water partition coefficient (Wildman–Crippen LogP) is 0.642. The topological polar surface area (TPSA) is 71.2 Å². The van der Waals surface area contributed by atoms with Crippen molar-refractivity contribution in [2.24, 2.45) is 10.7 Å². The zero-order chi connectivity index (χ0) is 9.68. The van der Waals surface area contributed by atoms with Crippen LogP contribution in [0.1, 0.15) is 18.9 Å². The van der Waals surface area contributed by atoms with Crippen LogP contribution in [0.2, 0.25) is 0 Å². The molecule has 4 heteroatoms. The van der Waals surface area contributed by atoms with Gasteiger partial charge >= 0.3 is 0 Å². The number of aromatic nitrogens is 1. The van der Waals surface area contributed by atoms with E-state index in [2.05, 4.69) is 9.98 Å². The van der Waals surface area contributed by atoms with Gasteiger partial charge in [-0.2, -0.15) is 0 Å². The minimum atomic E-state index is -0.109. The van der Waals surface area contributed by atoms with Crippen LogP contribution in [0, 0.1) is 0 Å². The second kappa shape index (κ2) is 4.45. The summed E-state index contributed by atoms with van der Waals surface area (Å²) in [4.78, 5) is 17.5. The number of H-pyrrole nitrogens is 1. The van der Waals surface area contributed by atoms with Crippen LogP contribution in [0.15, 0.2) is 28.1 Å². The van der Waals surface area contributed by atoms with Gasteiger partial charge in [0.15, 0.2) is 0 Å². The lowest BCUT2D eigenvalue weighted by atomic mass is 10.3. The van der Waals surface area contributed by atoms with Gasteiger partial charge in [0.25, 0.3) is 0 Å². The zero-order valence-electron chi connectivity index (χ0n) is 7.58. The Hall–Kier alpha value is -1.58. The number of hydrogen-bond donors (Lipinski definition) is 2. The van der Waals surface area contributed by atoms with E-state index in [4.69, 9.17) is 5.73 Å². The molecule has 0 bridgehead atoms. The summed E-state index contributed by atoms with van der Waals surface area (Å²) in [5.74, 6) is 0.611. The number of aliphatic imine (C=N–C) groups is 1. The smallest absolute Gasteiger partial charge is 0.248 e. The number of aromatic amines is 1. The minimum absolute atomic E-state index is 0.109. The maximum Gasteiger partial charge on any atom is 0.248 e. The van der Waals surface area contributed by atoms with E-state index < -0.39 is 0 Å². The molecular weight excluding hydrogens is 166 g/mol. The highest BCUT2D eigenvalue weighted by Crippen LogP contribution is 1.95. The van der Waals surface area contributed by atoms with E-state index in [0.717, 1.165) is 12.0 Å². The van der Waals surface area contributed by atoms with Crippen LogP contribution in [-0.2, 0) is 6.54 Å². The third-order valence-corrected chi connectivity index (χ3v) is 1.67. The van der Waals surface area contributed by atoms with Gasteiger partial charge in [-0.3, -0.25) is 9.79 Å². The Morgan fingerprint density at radius 2 is 2.46 bits per heavy atom. The molecule has 0 saturated heterocycles. The van der Waals surface area contributed by atoms with E-state index in [1.807, 2.05) is 13.0 Å². The van der Waals surface area contributed by atoms with E-state index >= 15 is 0 Å². The molecule has 1 heterocycles. The maximum atomic E-state index is 10.9. The first kappa shape index (κ1) is 9.51. The Kier molecular flexibility index (Phi) is 3.25. The Balaban J connectivity index is 2.70. The quantitative estimate of drug-likeness (QED) is 0.528. The molecule has 1 rings (SSSR count). The largest absolute Gasteiger partial charge is 0.387 e. The fraction of sp³-hybridized carbons (Fsp3) is 0.333. The highest BCUT2D eigenvalue weighted by Gasteiger charge is 1.92. The molecule has 4 nitrogen and oxygen atoms in total. The van der Waals surface area contributed by atoms with Crippen molar-refractivity contribution >= 4 is 5.84 Å². The Morgan fingerprint density at radius 3 is 3.08 bits per heavy atom. The maximum absolute atomic E-state index is 10.9. The molecule has 0 aliphatic carbocycles. The summed E-state index contributed by atoms with van der Waals surface area (Å²) in [6.45, 7) is 2.42. The van der Waals surface area contributed by atoms with Crippen molar-refractivity contribution in [2.75, 3.05) is 0 Å². The molecule has 0 aromatic carbocycles. The molecule has 0 saturated carbocycles. The van der Waals surface area contributed by atoms with Gasteiger partial charge in [0.05, 0.1) is 12.4 Å². The molecule has 70 valence electrons. The fourth-order valence-corrected chi connectivity index (χ4v) is 0.892. The van der Waals surface area contributed by atoms with Crippen molar-refractivity contribution in [2.45, 2.75) is 19.9 Å². The third kappa shape index (κ3) is 3.11. The van der Waals surface area contributed by atoms with Crippen LogP contribution in [-0.4, -0.2) is 10.8 Å². The lowest BCUT2D eigenvalue weighted by Gasteiger charge is -1.96. The number of nitrogens with two attached hydrogens (primary N) is 1. The van der Waals surface area contributed by atoms with Gasteiger partial charge in [0, 0.05) is 18.7 Å². The molecule has 0 atom stereocenters. The minimum Gasteiger partial charge on any atom is -0.387 e. The van der Waals surface area contributed by atoms with E-state index in [1.165, 1.54) is 6.07 Å². The van der Waals surface area contributed by atoms with E-state index in [0.29, 0.717) is 12.4 Å². The first-order valence-electron chi connectivity index (χ1n) is 4.18. The van der Waals surface area contributed by atoms with Gasteiger partial charge in [0.2, 0.25) is 5.56 Å². The highest BCUT2D eigenvalue weighted by molar-refractivity contribution is 5.79. The second-order valence-electron chi connectivity index (χ2n) is 2.72. The van der Waals surface area contributed by atoms with Crippen molar-refractivity contribution in [3.63, 3.8) is 0 Å². The normalized spacial score (nSPS) is 11.6. The molecule has 0 aliphatic heterocycles. The SMILES string of the molecule is CCC(N)=NCc1cc[nH]c(=O)c1. The molecule has 1 aromatic heterocycles. The Morgan fingerprint density at radius 1 is 1.69 bits per heavy atom. The van der Waals surface area contributed by atoms with Crippen molar-refractivity contribution in [1.82, 2.24) is 4.98 Å². The van der Waals surface area contributed by atoms with Gasteiger partial charge < -0.3 is 10.7 Å². The van der Waals surface area contributed by atoms with Crippen LogP contribution < -0.4 is 11.3 Å². The number of rotatable bonds is 3. The van der Waals surface area contributed by atoms with Crippen molar-refractivity contribution in [3.05, 3.63) is 34.2 Å². The molecule has 0 fully saturated rings. The first-order valence-corrected chi connectivity index (χ1v) is 4.18. The van der Waals surface area contributed by atoms with Gasteiger partial charge in [-0.15, -0.1) is 0 Å². The summed E-state index contributed by atoms with van der Waals surface area (Å²) in [5.41, 5.74) is 6.29. The van der Waals surface area contributed by atoms with Crippen molar-refractivity contribution in [3.8, 4) is 0 Å². The molecule has 0 spiro atoms. The lowest BCUT2D eigenvalue weighted by Crippen LogP contribution is -2.10. The molecule has 0 amide bonds. The summed E-state index contributed by atoms with van der Waals surface area (Å²) in [7, 11) is 0. The Bertz CT molecular complexity index is 354. The summed E-state index contributed by atoms with van der Waals surface area (Å²) in [5, 5.41) is 0. The monoisotopic (exact) mass is 179 g/mol. The number of pyridine rings is 1. The van der Waals surface area contributed by atoms with Crippen molar-refractivity contribution in [1.29, 1.82) is 0 Å². The average molecular weight is 179 g/mol. The third-order valence-electron chi connectivity index (χ3n) is 1.67. The fourth-order valence-electron chi connectivity index (χ4n) is 0.892. The molecule has 1 aromatic rings. The molecule has 13 heavy (non-hydrogen) atoms. The molecular formula is C9H13N3O. The van der Waals surface area contributed by atoms with Crippen LogP contribution in [0.3, 0.4) is 0 Å². The van der Waals surface area contributed by atoms with Crippen LogP contribution >= 0.6 is 0 Å². The molecule has 0 radical (unpaired) electrons. The van der Waals surface area contributed by atoms with Gasteiger partial charge in [-0.05, 0) is 11.6 Å². The van der Waals surface area contributed by atoms with Crippen LogP contribution in [0.25, 0.3) is 0 Å².